The number of hydrogen-bond donors (Lipinski definition) is 1. The van der Waals surface area contributed by atoms with Crippen LogP contribution in [0.4, 0.5) is 4.79 Å². The fourth-order valence-corrected chi connectivity index (χ4v) is 2.92. The van der Waals surface area contributed by atoms with Crippen molar-refractivity contribution in [2.24, 2.45) is 5.92 Å². The van der Waals surface area contributed by atoms with E-state index in [0.717, 1.165) is 13.1 Å². The van der Waals surface area contributed by atoms with E-state index in [4.69, 9.17) is 12.6 Å². The third-order valence-corrected chi connectivity index (χ3v) is 3.83. The first-order chi connectivity index (χ1) is 10.6. The number of nitrogens with zero attached hydrogens (tertiary/aromatic N) is 1. The van der Waals surface area contributed by atoms with Crippen molar-refractivity contribution in [3.8, 4) is 0 Å². The highest BCUT2D eigenvalue weighted by molar-refractivity contribution is 6.57. The van der Waals surface area contributed by atoms with Gasteiger partial charge in [-0.3, -0.25) is 14.5 Å². The molecule has 1 saturated heterocycles. The van der Waals surface area contributed by atoms with E-state index in [1.807, 2.05) is 18.2 Å². The first-order valence-electron chi connectivity index (χ1n) is 7.56. The summed E-state index contributed by atoms with van der Waals surface area (Å²) in [5.74, 6) is -0.763. The molecule has 1 fully saturated rings. The summed E-state index contributed by atoms with van der Waals surface area (Å²) < 4.78 is 5.01. The normalized spacial score (nSPS) is 21.5. The Balaban J connectivity index is 1.97. The monoisotopic (exact) mass is 300 g/mol. The van der Waals surface area contributed by atoms with Crippen molar-refractivity contribution in [1.29, 1.82) is 0 Å². The highest BCUT2D eigenvalue weighted by Gasteiger charge is 2.34. The second-order valence-corrected chi connectivity index (χ2v) is 5.56. The minimum atomic E-state index is -0.555. The Labute approximate surface area is 132 Å². The zero-order valence-electron chi connectivity index (χ0n) is 12.8. The molecule has 0 saturated carbocycles. The molecular weight excluding hydrogens is 279 g/mol. The van der Waals surface area contributed by atoms with E-state index in [0.29, 0.717) is 19.6 Å². The molecule has 1 heterocycles. The van der Waals surface area contributed by atoms with Crippen molar-refractivity contribution >= 4 is 19.6 Å². The Morgan fingerprint density at radius 3 is 2.68 bits per heavy atom. The van der Waals surface area contributed by atoms with Gasteiger partial charge in [0.2, 0.25) is 7.85 Å². The molecule has 6 heteroatoms. The topological polar surface area (TPSA) is 58.6 Å². The van der Waals surface area contributed by atoms with Crippen LogP contribution in [0.2, 0.25) is 0 Å². The largest absolute Gasteiger partial charge is 0.466 e. The van der Waals surface area contributed by atoms with Crippen LogP contribution < -0.4 is 5.32 Å². The number of likely N-dealkylation sites (tertiary alicyclic amines) is 1. The first kappa shape index (κ1) is 16.6. The van der Waals surface area contributed by atoms with Crippen LogP contribution in [0.25, 0.3) is 0 Å². The maximum absolute atomic E-state index is 11.7. The predicted octanol–water partition coefficient (Wildman–Crippen LogP) is 1.32. The second kappa shape index (κ2) is 7.99. The molecule has 1 aromatic rings. The Kier molecular flexibility index (Phi) is 6.01. The number of amides is 1. The summed E-state index contributed by atoms with van der Waals surface area (Å²) >= 11 is 0. The third kappa shape index (κ3) is 4.88. The molecule has 0 aromatic heterocycles. The Morgan fingerprint density at radius 2 is 2.05 bits per heavy atom. The Morgan fingerprint density at radius 1 is 1.32 bits per heavy atom. The third-order valence-electron chi connectivity index (χ3n) is 3.83. The van der Waals surface area contributed by atoms with Gasteiger partial charge < -0.3 is 10.1 Å². The van der Waals surface area contributed by atoms with Crippen LogP contribution >= 0.6 is 0 Å². The van der Waals surface area contributed by atoms with Crippen molar-refractivity contribution in [2.75, 3.05) is 19.7 Å². The van der Waals surface area contributed by atoms with Gasteiger partial charge in [-0.15, -0.1) is 0 Å². The maximum Gasteiger partial charge on any atom is 0.306 e. The number of benzene rings is 1. The lowest BCUT2D eigenvalue weighted by molar-refractivity contribution is -0.144. The van der Waals surface area contributed by atoms with Crippen molar-refractivity contribution in [2.45, 2.75) is 25.9 Å². The molecule has 1 aliphatic rings. The molecule has 1 N–H and O–H groups in total. The van der Waals surface area contributed by atoms with E-state index < -0.39 is 5.81 Å². The minimum absolute atomic E-state index is 0.0234. The van der Waals surface area contributed by atoms with Gasteiger partial charge in [-0.2, -0.15) is 0 Å². The fourth-order valence-electron chi connectivity index (χ4n) is 2.92. The standard InChI is InChI=1S/C16H21BN2O3/c1-2-22-15(20)8-13-10-19(11-14(13)18-16(17)21)9-12-6-4-3-5-7-12/h3-7,13-14H,2,8-11H2,1H3,(H,18,21)/t13-,14-/m0/s1. The van der Waals surface area contributed by atoms with Gasteiger partial charge in [0.1, 0.15) is 0 Å². The smallest absolute Gasteiger partial charge is 0.306 e. The number of carbonyl (C=O) groups is 2. The molecular formula is C16H21BN2O3. The van der Waals surface area contributed by atoms with E-state index in [2.05, 4.69) is 22.3 Å². The molecule has 1 amide bonds. The van der Waals surface area contributed by atoms with Crippen LogP contribution in [0.3, 0.4) is 0 Å². The summed E-state index contributed by atoms with van der Waals surface area (Å²) in [6.07, 6.45) is 0.296. The number of nitrogens with one attached hydrogen (secondary N) is 1. The molecule has 2 rings (SSSR count). The summed E-state index contributed by atoms with van der Waals surface area (Å²) in [5, 5.41) is 2.74. The highest BCUT2D eigenvalue weighted by Crippen LogP contribution is 2.23. The van der Waals surface area contributed by atoms with Gasteiger partial charge in [-0.25, -0.2) is 0 Å². The van der Waals surface area contributed by atoms with E-state index >= 15 is 0 Å². The average Bonchev–Trinajstić information content (AvgIpc) is 2.81. The van der Waals surface area contributed by atoms with Crippen LogP contribution in [-0.4, -0.2) is 50.3 Å². The molecule has 116 valence electrons. The van der Waals surface area contributed by atoms with Crippen molar-refractivity contribution in [3.05, 3.63) is 35.9 Å². The van der Waals surface area contributed by atoms with Gasteiger partial charge >= 0.3 is 5.97 Å². The lowest BCUT2D eigenvalue weighted by Gasteiger charge is -2.18. The molecule has 22 heavy (non-hydrogen) atoms. The molecule has 0 spiro atoms. The lowest BCUT2D eigenvalue weighted by atomic mass is 9.98. The summed E-state index contributed by atoms with van der Waals surface area (Å²) in [7, 11) is 5.24. The molecule has 0 aliphatic carbocycles. The first-order valence-corrected chi connectivity index (χ1v) is 7.56. The molecule has 1 aliphatic heterocycles. The van der Waals surface area contributed by atoms with Crippen LogP contribution in [0.5, 0.6) is 0 Å². The summed E-state index contributed by atoms with van der Waals surface area (Å²) in [6.45, 7) is 4.36. The maximum atomic E-state index is 11.7. The number of hydrogen-bond acceptors (Lipinski definition) is 4. The molecule has 0 bridgehead atoms. The number of esters is 1. The average molecular weight is 300 g/mol. The van der Waals surface area contributed by atoms with Gasteiger partial charge in [-0.1, -0.05) is 30.3 Å². The van der Waals surface area contributed by atoms with E-state index in [-0.39, 0.29) is 17.9 Å². The molecule has 5 nitrogen and oxygen atoms in total. The van der Waals surface area contributed by atoms with Crippen molar-refractivity contribution in [3.63, 3.8) is 0 Å². The van der Waals surface area contributed by atoms with Gasteiger partial charge in [0.25, 0.3) is 0 Å². The van der Waals surface area contributed by atoms with Gasteiger partial charge in [0.05, 0.1) is 13.0 Å². The summed E-state index contributed by atoms with van der Waals surface area (Å²) in [6, 6.07) is 9.99. The van der Waals surface area contributed by atoms with Crippen molar-refractivity contribution in [1.82, 2.24) is 10.2 Å². The summed E-state index contributed by atoms with van der Waals surface area (Å²) in [5.41, 5.74) is 1.21. The Bertz CT molecular complexity index is 509. The van der Waals surface area contributed by atoms with Crippen LogP contribution in [0.15, 0.2) is 30.3 Å². The molecule has 1 aromatic carbocycles. The SMILES string of the molecule is [B]C(=O)N[C@H]1CN(Cc2ccccc2)C[C@@H]1CC(=O)OCC. The highest BCUT2D eigenvalue weighted by atomic mass is 16.5. The van der Waals surface area contributed by atoms with Crippen LogP contribution in [0.1, 0.15) is 18.9 Å². The second-order valence-electron chi connectivity index (χ2n) is 5.56. The number of rotatable bonds is 6. The van der Waals surface area contributed by atoms with E-state index in [1.165, 1.54) is 5.56 Å². The lowest BCUT2D eigenvalue weighted by Crippen LogP contribution is -2.40. The quantitative estimate of drug-likeness (QED) is 0.636. The zero-order valence-corrected chi connectivity index (χ0v) is 12.8. The minimum Gasteiger partial charge on any atom is -0.466 e. The summed E-state index contributed by atoms with van der Waals surface area (Å²) in [4.78, 5) is 25.1. The predicted molar refractivity (Wildman–Crippen MR) is 84.5 cm³/mol. The van der Waals surface area contributed by atoms with Gasteiger partial charge in [0.15, 0.2) is 5.81 Å². The van der Waals surface area contributed by atoms with Gasteiger partial charge in [-0.05, 0) is 12.5 Å². The van der Waals surface area contributed by atoms with Crippen molar-refractivity contribution < 1.29 is 14.3 Å². The van der Waals surface area contributed by atoms with Crippen LogP contribution in [0, 0.1) is 5.92 Å². The fraction of sp³-hybridized carbons (Fsp3) is 0.500. The molecule has 0 unspecified atom stereocenters. The van der Waals surface area contributed by atoms with Crippen LogP contribution in [-0.2, 0) is 16.1 Å². The van der Waals surface area contributed by atoms with Gasteiger partial charge in [0, 0.05) is 31.6 Å². The molecule has 2 radical (unpaired) electrons. The Hall–Kier alpha value is -1.82. The van der Waals surface area contributed by atoms with E-state index in [1.54, 1.807) is 6.92 Å². The van der Waals surface area contributed by atoms with E-state index in [9.17, 15) is 9.59 Å². The number of ether oxygens (including phenoxy) is 1. The number of carbonyl (C=O) groups excluding carboxylic acids is 2. The zero-order chi connectivity index (χ0) is 15.9. The molecule has 2 atom stereocenters.